The zero-order valence-electron chi connectivity index (χ0n) is 13.3. The highest BCUT2D eigenvalue weighted by molar-refractivity contribution is 7.98. The van der Waals surface area contributed by atoms with E-state index in [1.807, 2.05) is 13.2 Å². The van der Waals surface area contributed by atoms with Crippen LogP contribution in [0.4, 0.5) is 10.1 Å². The number of para-hydroxylation sites is 1. The van der Waals surface area contributed by atoms with Gasteiger partial charge in [-0.25, -0.2) is 4.39 Å². The van der Waals surface area contributed by atoms with Crippen LogP contribution < -0.4 is 5.32 Å². The second-order valence-corrected chi connectivity index (χ2v) is 5.93. The molecule has 5 heteroatoms. The van der Waals surface area contributed by atoms with Gasteiger partial charge in [0.15, 0.2) is 0 Å². The summed E-state index contributed by atoms with van der Waals surface area (Å²) in [5, 5.41) is 3.03. The zero-order valence-corrected chi connectivity index (χ0v) is 14.1. The van der Waals surface area contributed by atoms with E-state index in [9.17, 15) is 9.18 Å². The van der Waals surface area contributed by atoms with Crippen molar-refractivity contribution in [3.63, 3.8) is 0 Å². The van der Waals surface area contributed by atoms with E-state index in [4.69, 9.17) is 0 Å². The molecule has 0 aromatic heterocycles. The molecule has 21 heavy (non-hydrogen) atoms. The topological polar surface area (TPSA) is 32.3 Å². The molecule has 0 aliphatic heterocycles. The van der Waals surface area contributed by atoms with Gasteiger partial charge in [-0.3, -0.25) is 4.79 Å². The summed E-state index contributed by atoms with van der Waals surface area (Å²) in [5.41, 5.74) is 0.723. The third kappa shape index (κ3) is 4.63. The Balaban J connectivity index is 3.02. The van der Waals surface area contributed by atoms with Crippen LogP contribution >= 0.6 is 11.8 Å². The van der Waals surface area contributed by atoms with E-state index in [1.165, 1.54) is 6.07 Å². The van der Waals surface area contributed by atoms with Gasteiger partial charge in [0.25, 0.3) is 5.91 Å². The summed E-state index contributed by atoms with van der Waals surface area (Å²) in [6.07, 6.45) is 3.79. The van der Waals surface area contributed by atoms with E-state index in [1.54, 1.807) is 35.8 Å². The highest BCUT2D eigenvalue weighted by Gasteiger charge is 2.23. The van der Waals surface area contributed by atoms with Crippen molar-refractivity contribution in [3.8, 4) is 0 Å². The minimum Gasteiger partial charge on any atom is -0.382 e. The van der Waals surface area contributed by atoms with Gasteiger partial charge in [0.1, 0.15) is 5.82 Å². The van der Waals surface area contributed by atoms with Crippen molar-refractivity contribution in [2.75, 3.05) is 30.9 Å². The number of thioether (sulfide) groups is 1. The average Bonchev–Trinajstić information content (AvgIpc) is 2.49. The standard InChI is InChI=1S/C16H25FN2OS/c1-5-10-18-15-13(8-7-9-14(15)17)16(20)19(3)12(6-2)11-21-4/h7-9,12,18H,5-6,10-11H2,1-4H3. The Morgan fingerprint density at radius 3 is 2.71 bits per heavy atom. The molecule has 0 fully saturated rings. The fourth-order valence-electron chi connectivity index (χ4n) is 2.18. The number of benzene rings is 1. The lowest BCUT2D eigenvalue weighted by molar-refractivity contribution is 0.0744. The van der Waals surface area contributed by atoms with Gasteiger partial charge in [0.05, 0.1) is 11.3 Å². The molecule has 0 bridgehead atoms. The minimum atomic E-state index is -0.374. The van der Waals surface area contributed by atoms with Crippen molar-refractivity contribution >= 4 is 23.4 Å². The summed E-state index contributed by atoms with van der Waals surface area (Å²) >= 11 is 1.71. The SMILES string of the molecule is CCCNc1c(F)cccc1C(=O)N(C)C(CC)CSC. The first-order chi connectivity index (χ1) is 10.1. The molecule has 0 aliphatic carbocycles. The number of nitrogens with zero attached hydrogens (tertiary/aromatic N) is 1. The number of hydrogen-bond acceptors (Lipinski definition) is 3. The van der Waals surface area contributed by atoms with Gasteiger partial charge in [-0.15, -0.1) is 0 Å². The Morgan fingerprint density at radius 1 is 1.43 bits per heavy atom. The van der Waals surface area contributed by atoms with Crippen LogP contribution in [0.5, 0.6) is 0 Å². The lowest BCUT2D eigenvalue weighted by atomic mass is 10.1. The zero-order chi connectivity index (χ0) is 15.8. The van der Waals surface area contributed by atoms with Gasteiger partial charge in [-0.2, -0.15) is 11.8 Å². The predicted molar refractivity (Wildman–Crippen MR) is 89.7 cm³/mol. The number of halogens is 1. The van der Waals surface area contributed by atoms with Crippen LogP contribution in [0.1, 0.15) is 37.0 Å². The molecule has 0 saturated carbocycles. The summed E-state index contributed by atoms with van der Waals surface area (Å²) in [7, 11) is 1.79. The van der Waals surface area contributed by atoms with Crippen molar-refractivity contribution < 1.29 is 9.18 Å². The van der Waals surface area contributed by atoms with Crippen LogP contribution in [0.3, 0.4) is 0 Å². The number of carbonyl (C=O) groups excluding carboxylic acids is 1. The van der Waals surface area contributed by atoms with E-state index in [2.05, 4.69) is 12.2 Å². The van der Waals surface area contributed by atoms with Gasteiger partial charge in [-0.05, 0) is 31.2 Å². The summed E-state index contributed by atoms with van der Waals surface area (Å²) < 4.78 is 14.0. The number of rotatable bonds is 8. The largest absolute Gasteiger partial charge is 0.382 e. The van der Waals surface area contributed by atoms with Crippen LogP contribution in [-0.4, -0.2) is 42.4 Å². The third-order valence-corrected chi connectivity index (χ3v) is 4.21. The van der Waals surface area contributed by atoms with Crippen molar-refractivity contribution in [3.05, 3.63) is 29.6 Å². The number of amides is 1. The average molecular weight is 312 g/mol. The first-order valence-electron chi connectivity index (χ1n) is 7.35. The summed E-state index contributed by atoms with van der Waals surface area (Å²) in [5.74, 6) is 0.376. The quantitative estimate of drug-likeness (QED) is 0.791. The second-order valence-electron chi connectivity index (χ2n) is 5.02. The van der Waals surface area contributed by atoms with Crippen molar-refractivity contribution in [1.29, 1.82) is 0 Å². The molecule has 0 radical (unpaired) electrons. The summed E-state index contributed by atoms with van der Waals surface area (Å²) in [6.45, 7) is 4.71. The van der Waals surface area contributed by atoms with Gasteiger partial charge >= 0.3 is 0 Å². The maximum absolute atomic E-state index is 14.0. The lowest BCUT2D eigenvalue weighted by Crippen LogP contribution is -2.38. The first kappa shape index (κ1) is 17.8. The molecule has 1 aromatic rings. The Bertz CT molecular complexity index is 468. The van der Waals surface area contributed by atoms with Gasteiger partial charge < -0.3 is 10.2 Å². The Kier molecular flexibility index (Phi) is 7.57. The first-order valence-corrected chi connectivity index (χ1v) is 8.74. The Hall–Kier alpha value is -1.23. The molecule has 1 amide bonds. The molecule has 1 rings (SSSR count). The van der Waals surface area contributed by atoms with E-state index in [-0.39, 0.29) is 17.8 Å². The molecular formula is C16H25FN2OS. The van der Waals surface area contributed by atoms with Crippen molar-refractivity contribution in [1.82, 2.24) is 4.90 Å². The summed E-state index contributed by atoms with van der Waals surface area (Å²) in [6, 6.07) is 4.82. The van der Waals surface area contributed by atoms with Crippen LogP contribution in [-0.2, 0) is 0 Å². The second kappa shape index (κ2) is 8.93. The van der Waals surface area contributed by atoms with Gasteiger partial charge in [0, 0.05) is 25.4 Å². The highest BCUT2D eigenvalue weighted by Crippen LogP contribution is 2.23. The lowest BCUT2D eigenvalue weighted by Gasteiger charge is -2.27. The van der Waals surface area contributed by atoms with E-state index >= 15 is 0 Å². The molecule has 0 saturated heterocycles. The molecule has 3 nitrogen and oxygen atoms in total. The number of hydrogen-bond donors (Lipinski definition) is 1. The molecule has 1 atom stereocenters. The molecule has 0 aliphatic rings. The monoisotopic (exact) mass is 312 g/mol. The Labute approximate surface area is 131 Å². The molecular weight excluding hydrogens is 287 g/mol. The molecule has 1 unspecified atom stereocenters. The third-order valence-electron chi connectivity index (χ3n) is 3.49. The maximum atomic E-state index is 14.0. The van der Waals surface area contributed by atoms with Crippen LogP contribution in [0.25, 0.3) is 0 Å². The van der Waals surface area contributed by atoms with Gasteiger partial charge in [-0.1, -0.05) is 19.9 Å². The highest BCUT2D eigenvalue weighted by atomic mass is 32.2. The minimum absolute atomic E-state index is 0.131. The van der Waals surface area contributed by atoms with Crippen LogP contribution in [0, 0.1) is 5.82 Å². The normalized spacial score (nSPS) is 12.0. The molecule has 0 heterocycles. The van der Waals surface area contributed by atoms with E-state index < -0.39 is 0 Å². The number of nitrogens with one attached hydrogen (secondary N) is 1. The van der Waals surface area contributed by atoms with E-state index in [0.717, 1.165) is 18.6 Å². The molecule has 1 aromatic carbocycles. The molecule has 0 spiro atoms. The van der Waals surface area contributed by atoms with Gasteiger partial charge in [0.2, 0.25) is 0 Å². The van der Waals surface area contributed by atoms with Crippen molar-refractivity contribution in [2.45, 2.75) is 32.7 Å². The number of carbonyl (C=O) groups is 1. The Morgan fingerprint density at radius 2 is 2.14 bits per heavy atom. The molecule has 118 valence electrons. The maximum Gasteiger partial charge on any atom is 0.256 e. The van der Waals surface area contributed by atoms with Crippen molar-refractivity contribution in [2.24, 2.45) is 0 Å². The summed E-state index contributed by atoms with van der Waals surface area (Å²) in [4.78, 5) is 14.4. The predicted octanol–water partition coefficient (Wildman–Crippen LogP) is 3.86. The fourth-order valence-corrected chi connectivity index (χ4v) is 3.03. The fraction of sp³-hybridized carbons (Fsp3) is 0.562. The molecule has 1 N–H and O–H groups in total. The van der Waals surface area contributed by atoms with Crippen LogP contribution in [0.2, 0.25) is 0 Å². The van der Waals surface area contributed by atoms with E-state index in [0.29, 0.717) is 17.8 Å². The van der Waals surface area contributed by atoms with Crippen LogP contribution in [0.15, 0.2) is 18.2 Å². The number of anilines is 1. The smallest absolute Gasteiger partial charge is 0.256 e.